The van der Waals surface area contributed by atoms with Crippen LogP contribution in [0.3, 0.4) is 0 Å². The number of fused-ring (bicyclic) bond motifs is 1. The highest BCUT2D eigenvalue weighted by Gasteiger charge is 2.14. The number of carbonyl (C=O) groups is 3. The Balaban J connectivity index is 0.000000353. The molecule has 244 valence electrons. The Hall–Kier alpha value is -4.81. The first-order valence-electron chi connectivity index (χ1n) is 15.5. The summed E-state index contributed by atoms with van der Waals surface area (Å²) in [7, 11) is 7.18. The highest BCUT2D eigenvalue weighted by molar-refractivity contribution is 6.18. The average Bonchev–Trinajstić information content (AvgIpc) is 3.47. The van der Waals surface area contributed by atoms with Crippen LogP contribution in [0, 0.1) is 6.92 Å². The van der Waals surface area contributed by atoms with Crippen molar-refractivity contribution in [2.24, 2.45) is 0 Å². The summed E-state index contributed by atoms with van der Waals surface area (Å²) in [4.78, 5) is 34.7. The lowest BCUT2D eigenvalue weighted by atomic mass is 9.95. The number of hydrogen-bond donors (Lipinski definition) is 1. The standard InChI is InChI=1S/C18H17NO2.C10H13N.C8H8O.C2H6O.C2H6/c1-13(15-6-4-3-5-7-15)17(12-21)16-9-8-14(11-20)10-18(16)19-2;1-8-3-4-10-9(7-8)5-6-11(10)2;9-7-6-8-4-2-1-3-5-8;1-3-2;1-2/h3-12,19H,1-2H3;3-4,7H,5-6H2,1-2H3;1-5,7H,6H2;1-2H3;1-2H3/b17-13-;;;;. The lowest BCUT2D eigenvalue weighted by Crippen LogP contribution is -2.12. The summed E-state index contributed by atoms with van der Waals surface area (Å²) in [5, 5.41) is 3.04. The van der Waals surface area contributed by atoms with Crippen LogP contribution in [0.2, 0.25) is 0 Å². The summed E-state index contributed by atoms with van der Waals surface area (Å²) in [6.07, 6.45) is 4.31. The first kappa shape index (κ1) is 39.2. The van der Waals surface area contributed by atoms with E-state index in [-0.39, 0.29) is 0 Å². The SMILES string of the molecule is CC.CNc1cc(C=O)ccc1/C(C=O)=C(/C)c1ccccc1.COC.Cc1ccc2c(c1)CCN2C.O=CCc1ccccc1. The zero-order chi connectivity index (χ0) is 34.3. The van der Waals surface area contributed by atoms with Gasteiger partial charge in [0.15, 0.2) is 6.29 Å². The van der Waals surface area contributed by atoms with E-state index in [2.05, 4.69) is 47.1 Å². The molecule has 0 atom stereocenters. The molecule has 5 rings (SSSR count). The molecular weight excluding hydrogens is 572 g/mol. The van der Waals surface area contributed by atoms with E-state index in [0.717, 1.165) is 46.8 Å². The third kappa shape index (κ3) is 12.7. The maximum absolute atomic E-state index is 11.6. The number of ether oxygens (including phenoxy) is 1. The molecule has 0 saturated carbocycles. The smallest absolute Gasteiger partial charge is 0.151 e. The maximum atomic E-state index is 11.6. The Bertz CT molecular complexity index is 1500. The number of carbonyl (C=O) groups excluding carboxylic acids is 3. The summed E-state index contributed by atoms with van der Waals surface area (Å²) in [5.74, 6) is 0. The molecule has 1 N–H and O–H groups in total. The molecular formula is C40H50N2O4. The predicted octanol–water partition coefficient (Wildman–Crippen LogP) is 8.37. The van der Waals surface area contributed by atoms with Gasteiger partial charge < -0.3 is 19.7 Å². The van der Waals surface area contributed by atoms with Crippen LogP contribution in [0.15, 0.2) is 97.1 Å². The quantitative estimate of drug-likeness (QED) is 0.127. The summed E-state index contributed by atoms with van der Waals surface area (Å²) >= 11 is 0. The normalized spacial score (nSPS) is 11.2. The van der Waals surface area contributed by atoms with Crippen molar-refractivity contribution in [3.05, 3.63) is 130 Å². The van der Waals surface area contributed by atoms with Crippen molar-refractivity contribution in [3.63, 3.8) is 0 Å². The number of nitrogens with zero attached hydrogens (tertiary/aromatic N) is 1. The number of aryl methyl sites for hydroxylation is 1. The van der Waals surface area contributed by atoms with Gasteiger partial charge in [0, 0.05) is 69.4 Å². The van der Waals surface area contributed by atoms with Crippen molar-refractivity contribution in [3.8, 4) is 0 Å². The number of methoxy groups -OCH3 is 1. The number of nitrogens with one attached hydrogen (secondary N) is 1. The zero-order valence-electron chi connectivity index (χ0n) is 28.7. The Labute approximate surface area is 276 Å². The van der Waals surface area contributed by atoms with Crippen LogP contribution >= 0.6 is 0 Å². The fourth-order valence-electron chi connectivity index (χ4n) is 4.68. The van der Waals surface area contributed by atoms with Gasteiger partial charge in [0.25, 0.3) is 0 Å². The molecule has 6 nitrogen and oxygen atoms in total. The Kier molecular flexibility index (Phi) is 19.3. The molecule has 0 bridgehead atoms. The molecule has 0 aliphatic carbocycles. The highest BCUT2D eigenvalue weighted by atomic mass is 16.4. The van der Waals surface area contributed by atoms with Gasteiger partial charge in [0.1, 0.15) is 12.6 Å². The third-order valence-electron chi connectivity index (χ3n) is 6.99. The Morgan fingerprint density at radius 1 is 0.870 bits per heavy atom. The number of allylic oxidation sites excluding steroid dienone is 2. The Morgan fingerprint density at radius 2 is 1.48 bits per heavy atom. The minimum Gasteiger partial charge on any atom is -0.388 e. The molecule has 1 aliphatic heterocycles. The molecule has 0 unspecified atom stereocenters. The summed E-state index contributed by atoms with van der Waals surface area (Å²) < 4.78 is 4.25. The van der Waals surface area contributed by atoms with E-state index in [1.165, 1.54) is 29.8 Å². The molecule has 46 heavy (non-hydrogen) atoms. The number of aldehydes is 3. The van der Waals surface area contributed by atoms with Crippen molar-refractivity contribution >= 4 is 41.4 Å². The van der Waals surface area contributed by atoms with E-state index in [1.807, 2.05) is 81.4 Å². The van der Waals surface area contributed by atoms with Gasteiger partial charge in [0.05, 0.1) is 0 Å². The van der Waals surface area contributed by atoms with E-state index in [0.29, 0.717) is 17.6 Å². The zero-order valence-corrected chi connectivity index (χ0v) is 28.7. The largest absolute Gasteiger partial charge is 0.388 e. The highest BCUT2D eigenvalue weighted by Crippen LogP contribution is 2.30. The van der Waals surface area contributed by atoms with Gasteiger partial charge in [-0.15, -0.1) is 0 Å². The first-order valence-corrected chi connectivity index (χ1v) is 15.5. The second-order valence-corrected chi connectivity index (χ2v) is 10.3. The van der Waals surface area contributed by atoms with E-state index < -0.39 is 0 Å². The van der Waals surface area contributed by atoms with Crippen LogP contribution in [0.1, 0.15) is 58.9 Å². The minimum absolute atomic E-state index is 0.529. The van der Waals surface area contributed by atoms with E-state index in [1.54, 1.807) is 39.5 Å². The number of anilines is 2. The average molecular weight is 623 g/mol. The first-order chi connectivity index (χ1) is 22.3. The van der Waals surface area contributed by atoms with Gasteiger partial charge in [-0.2, -0.15) is 0 Å². The van der Waals surface area contributed by atoms with Crippen LogP contribution in [0.25, 0.3) is 11.1 Å². The molecule has 0 spiro atoms. The molecule has 6 heteroatoms. The van der Waals surface area contributed by atoms with E-state index in [9.17, 15) is 14.4 Å². The second kappa shape index (κ2) is 22.7. The Morgan fingerprint density at radius 3 is 2.02 bits per heavy atom. The van der Waals surface area contributed by atoms with Crippen LogP contribution < -0.4 is 10.2 Å². The van der Waals surface area contributed by atoms with Gasteiger partial charge in [0.2, 0.25) is 0 Å². The van der Waals surface area contributed by atoms with Crippen molar-refractivity contribution < 1.29 is 19.1 Å². The van der Waals surface area contributed by atoms with Crippen molar-refractivity contribution in [1.29, 1.82) is 0 Å². The van der Waals surface area contributed by atoms with Gasteiger partial charge in [-0.25, -0.2) is 0 Å². The summed E-state index contributed by atoms with van der Waals surface area (Å²) in [6, 6.07) is 31.4. The van der Waals surface area contributed by atoms with Crippen molar-refractivity contribution in [1.82, 2.24) is 0 Å². The van der Waals surface area contributed by atoms with Crippen LogP contribution in [0.5, 0.6) is 0 Å². The van der Waals surface area contributed by atoms with Crippen molar-refractivity contribution in [2.75, 3.05) is 45.1 Å². The predicted molar refractivity (Wildman–Crippen MR) is 195 cm³/mol. The molecule has 0 fully saturated rings. The van der Waals surface area contributed by atoms with E-state index in [4.69, 9.17) is 0 Å². The molecule has 1 aliphatic rings. The van der Waals surface area contributed by atoms with E-state index >= 15 is 0 Å². The second-order valence-electron chi connectivity index (χ2n) is 10.3. The number of hydrogen-bond acceptors (Lipinski definition) is 6. The third-order valence-corrected chi connectivity index (χ3v) is 6.99. The molecule has 0 radical (unpaired) electrons. The summed E-state index contributed by atoms with van der Waals surface area (Å²) in [5.41, 5.74) is 10.0. The van der Waals surface area contributed by atoms with Gasteiger partial charge in [-0.05, 0) is 54.7 Å². The molecule has 0 aromatic heterocycles. The lowest BCUT2D eigenvalue weighted by Gasteiger charge is -2.13. The van der Waals surface area contributed by atoms with Gasteiger partial charge in [-0.3, -0.25) is 9.59 Å². The summed E-state index contributed by atoms with van der Waals surface area (Å²) in [6.45, 7) is 9.25. The molecule has 0 amide bonds. The lowest BCUT2D eigenvalue weighted by molar-refractivity contribution is -0.107. The number of likely N-dealkylation sites (N-methyl/N-ethyl adjacent to an activating group) is 1. The van der Waals surface area contributed by atoms with Gasteiger partial charge in [-0.1, -0.05) is 104 Å². The molecule has 4 aromatic rings. The molecule has 4 aromatic carbocycles. The monoisotopic (exact) mass is 622 g/mol. The molecule has 0 saturated heterocycles. The topological polar surface area (TPSA) is 75.7 Å². The minimum atomic E-state index is 0.529. The number of benzene rings is 4. The van der Waals surface area contributed by atoms with Crippen LogP contribution in [0.4, 0.5) is 11.4 Å². The molecule has 1 heterocycles. The number of rotatable bonds is 7. The van der Waals surface area contributed by atoms with Crippen molar-refractivity contribution in [2.45, 2.75) is 40.5 Å². The van der Waals surface area contributed by atoms with Crippen LogP contribution in [-0.4, -0.2) is 53.7 Å². The fraction of sp³-hybridized carbons (Fsp3) is 0.275. The van der Waals surface area contributed by atoms with Gasteiger partial charge >= 0.3 is 0 Å². The fourth-order valence-corrected chi connectivity index (χ4v) is 4.68. The maximum Gasteiger partial charge on any atom is 0.151 e. The van der Waals surface area contributed by atoms with Crippen LogP contribution in [-0.2, 0) is 27.2 Å².